The normalized spacial score (nSPS) is 10.3. The number of hydrogen-bond donors (Lipinski definition) is 4. The highest BCUT2D eigenvalue weighted by Gasteiger charge is 2.04. The molecule has 6 nitrogen and oxygen atoms in total. The number of nitrogens with two attached hydrogens (primary N) is 2. The zero-order valence-corrected chi connectivity index (χ0v) is 12.6. The van der Waals surface area contributed by atoms with Crippen LogP contribution in [0.2, 0.25) is 0 Å². The fourth-order valence-electron chi connectivity index (χ4n) is 2.03. The summed E-state index contributed by atoms with van der Waals surface area (Å²) in [5, 5.41) is 19.0. The van der Waals surface area contributed by atoms with Crippen LogP contribution in [-0.2, 0) is 0 Å². The van der Waals surface area contributed by atoms with Gasteiger partial charge in [0.05, 0.1) is 11.4 Å². The maximum absolute atomic E-state index is 9.58. The Hall–Kier alpha value is -3.54. The van der Waals surface area contributed by atoms with Crippen molar-refractivity contribution < 1.29 is 19.7 Å². The molecule has 122 valence electrons. The lowest BCUT2D eigenvalue weighted by Crippen LogP contribution is -1.90. The highest BCUT2D eigenvalue weighted by molar-refractivity contribution is 5.56. The van der Waals surface area contributed by atoms with Gasteiger partial charge in [0, 0.05) is 12.1 Å². The molecule has 0 saturated carbocycles. The Morgan fingerprint density at radius 3 is 1.58 bits per heavy atom. The molecule has 0 saturated heterocycles. The highest BCUT2D eigenvalue weighted by Crippen LogP contribution is 2.32. The van der Waals surface area contributed by atoms with Gasteiger partial charge >= 0.3 is 0 Å². The number of ether oxygens (including phenoxy) is 2. The molecule has 0 unspecified atom stereocenters. The van der Waals surface area contributed by atoms with E-state index in [1.807, 2.05) is 0 Å². The minimum atomic E-state index is -0.0302. The average Bonchev–Trinajstić information content (AvgIpc) is 2.56. The van der Waals surface area contributed by atoms with E-state index < -0.39 is 0 Å². The van der Waals surface area contributed by atoms with Gasteiger partial charge in [-0.2, -0.15) is 0 Å². The Morgan fingerprint density at radius 1 is 0.542 bits per heavy atom. The Bertz CT molecular complexity index is 791. The molecular weight excluding hydrogens is 308 g/mol. The van der Waals surface area contributed by atoms with Crippen LogP contribution in [-0.4, -0.2) is 10.2 Å². The molecule has 3 aromatic rings. The predicted molar refractivity (Wildman–Crippen MR) is 91.6 cm³/mol. The van der Waals surface area contributed by atoms with E-state index in [4.69, 9.17) is 20.9 Å². The minimum Gasteiger partial charge on any atom is -0.506 e. The first-order valence-electron chi connectivity index (χ1n) is 7.14. The lowest BCUT2D eigenvalue weighted by atomic mass is 10.2. The second-order valence-electron chi connectivity index (χ2n) is 5.12. The van der Waals surface area contributed by atoms with Gasteiger partial charge in [-0.15, -0.1) is 0 Å². The summed E-state index contributed by atoms with van der Waals surface area (Å²) in [4.78, 5) is 0. The number of aromatic hydroxyl groups is 2. The van der Waals surface area contributed by atoms with Gasteiger partial charge in [0.25, 0.3) is 0 Å². The SMILES string of the molecule is Nc1cc(Oc2ccc(Oc3ccc(N)c(O)c3)cc2)ccc1O. The summed E-state index contributed by atoms with van der Waals surface area (Å²) >= 11 is 0. The third-order valence-electron chi connectivity index (χ3n) is 3.30. The van der Waals surface area contributed by atoms with Gasteiger partial charge in [0.1, 0.15) is 34.5 Å². The maximum Gasteiger partial charge on any atom is 0.142 e. The summed E-state index contributed by atoms with van der Waals surface area (Å²) in [5.74, 6) is 2.14. The van der Waals surface area contributed by atoms with Gasteiger partial charge in [-0.25, -0.2) is 0 Å². The molecular formula is C18H16N2O4. The van der Waals surface area contributed by atoms with Gasteiger partial charge in [0.2, 0.25) is 0 Å². The van der Waals surface area contributed by atoms with Gasteiger partial charge in [0.15, 0.2) is 0 Å². The number of hydrogen-bond acceptors (Lipinski definition) is 6. The van der Waals surface area contributed by atoms with Crippen LogP contribution in [0.5, 0.6) is 34.5 Å². The molecule has 0 bridgehead atoms. The zero-order valence-electron chi connectivity index (χ0n) is 12.6. The number of nitrogen functional groups attached to an aromatic ring is 2. The minimum absolute atomic E-state index is 0.0119. The van der Waals surface area contributed by atoms with Crippen molar-refractivity contribution in [1.29, 1.82) is 0 Å². The first-order chi connectivity index (χ1) is 11.5. The van der Waals surface area contributed by atoms with Crippen LogP contribution < -0.4 is 20.9 Å². The van der Waals surface area contributed by atoms with Crippen LogP contribution >= 0.6 is 0 Å². The van der Waals surface area contributed by atoms with Gasteiger partial charge in [-0.05, 0) is 48.5 Å². The molecule has 6 N–H and O–H groups in total. The monoisotopic (exact) mass is 324 g/mol. The van der Waals surface area contributed by atoms with Crippen LogP contribution in [0.15, 0.2) is 60.7 Å². The zero-order chi connectivity index (χ0) is 17.1. The summed E-state index contributed by atoms with van der Waals surface area (Å²) in [6.45, 7) is 0. The largest absolute Gasteiger partial charge is 0.506 e. The standard InChI is InChI=1S/C18H16N2O4/c19-15-7-5-14(10-18(15)22)24-12-3-1-11(2-4-12)23-13-6-8-17(21)16(20)9-13/h1-10,21-22H,19-20H2. The van der Waals surface area contributed by atoms with Crippen LogP contribution in [0.25, 0.3) is 0 Å². The van der Waals surface area contributed by atoms with Crippen LogP contribution in [0.1, 0.15) is 0 Å². The lowest BCUT2D eigenvalue weighted by molar-refractivity contribution is 0.453. The molecule has 0 radical (unpaired) electrons. The highest BCUT2D eigenvalue weighted by atomic mass is 16.5. The Kier molecular flexibility index (Phi) is 4.03. The Balaban J connectivity index is 1.70. The van der Waals surface area contributed by atoms with E-state index in [-0.39, 0.29) is 17.2 Å². The average molecular weight is 324 g/mol. The number of anilines is 2. The predicted octanol–water partition coefficient (Wildman–Crippen LogP) is 3.85. The van der Waals surface area contributed by atoms with Crippen molar-refractivity contribution in [3.05, 3.63) is 60.7 Å². The smallest absolute Gasteiger partial charge is 0.142 e. The number of rotatable bonds is 4. The van der Waals surface area contributed by atoms with Crippen molar-refractivity contribution in [2.45, 2.75) is 0 Å². The quantitative estimate of drug-likeness (QED) is 0.428. The third kappa shape index (κ3) is 3.44. The summed E-state index contributed by atoms with van der Waals surface area (Å²) in [6.07, 6.45) is 0. The van der Waals surface area contributed by atoms with E-state index in [1.165, 1.54) is 18.2 Å². The van der Waals surface area contributed by atoms with E-state index >= 15 is 0 Å². The Morgan fingerprint density at radius 2 is 1.04 bits per heavy atom. The van der Waals surface area contributed by atoms with E-state index in [0.29, 0.717) is 28.7 Å². The second-order valence-corrected chi connectivity index (χ2v) is 5.12. The maximum atomic E-state index is 9.58. The summed E-state index contributed by atoms with van der Waals surface area (Å²) < 4.78 is 11.3. The van der Waals surface area contributed by atoms with Crippen molar-refractivity contribution >= 4 is 11.4 Å². The summed E-state index contributed by atoms with van der Waals surface area (Å²) in [5.41, 5.74) is 11.7. The number of phenols is 2. The van der Waals surface area contributed by atoms with Crippen LogP contribution in [0.4, 0.5) is 11.4 Å². The molecule has 3 rings (SSSR count). The fraction of sp³-hybridized carbons (Fsp3) is 0. The first kappa shape index (κ1) is 15.4. The molecule has 3 aromatic carbocycles. The fourth-order valence-corrected chi connectivity index (χ4v) is 2.03. The molecule has 0 fully saturated rings. The molecule has 0 spiro atoms. The van der Waals surface area contributed by atoms with Gasteiger partial charge in [-0.3, -0.25) is 0 Å². The van der Waals surface area contributed by atoms with Crippen molar-refractivity contribution in [3.63, 3.8) is 0 Å². The van der Waals surface area contributed by atoms with Crippen molar-refractivity contribution in [2.75, 3.05) is 11.5 Å². The molecule has 0 aliphatic rings. The second kappa shape index (κ2) is 6.29. The van der Waals surface area contributed by atoms with Crippen molar-refractivity contribution in [2.24, 2.45) is 0 Å². The van der Waals surface area contributed by atoms with E-state index in [2.05, 4.69) is 0 Å². The Labute approximate surface area is 138 Å². The van der Waals surface area contributed by atoms with E-state index in [9.17, 15) is 10.2 Å². The molecule has 0 aliphatic carbocycles. The first-order valence-corrected chi connectivity index (χ1v) is 7.14. The van der Waals surface area contributed by atoms with Crippen LogP contribution in [0.3, 0.4) is 0 Å². The lowest BCUT2D eigenvalue weighted by Gasteiger charge is -2.09. The number of benzene rings is 3. The number of phenolic OH excluding ortho intramolecular Hbond substituents is 2. The molecule has 0 amide bonds. The molecule has 6 heteroatoms. The summed E-state index contributed by atoms with van der Waals surface area (Å²) in [7, 11) is 0. The van der Waals surface area contributed by atoms with Crippen molar-refractivity contribution in [1.82, 2.24) is 0 Å². The molecule has 0 atom stereocenters. The van der Waals surface area contributed by atoms with E-state index in [1.54, 1.807) is 42.5 Å². The molecule has 24 heavy (non-hydrogen) atoms. The van der Waals surface area contributed by atoms with Crippen LogP contribution in [0, 0.1) is 0 Å². The third-order valence-corrected chi connectivity index (χ3v) is 3.30. The summed E-state index contributed by atoms with van der Waals surface area (Å²) in [6, 6.07) is 16.2. The molecule has 0 aliphatic heterocycles. The van der Waals surface area contributed by atoms with E-state index in [0.717, 1.165) is 0 Å². The van der Waals surface area contributed by atoms with Crippen molar-refractivity contribution in [3.8, 4) is 34.5 Å². The topological polar surface area (TPSA) is 111 Å². The van der Waals surface area contributed by atoms with Gasteiger partial charge in [-0.1, -0.05) is 0 Å². The molecule has 0 aromatic heterocycles. The molecule has 0 heterocycles. The van der Waals surface area contributed by atoms with Gasteiger partial charge < -0.3 is 31.2 Å².